The number of benzene rings is 1. The van der Waals surface area contributed by atoms with Gasteiger partial charge in [0.2, 0.25) is 11.8 Å². The van der Waals surface area contributed by atoms with Crippen molar-refractivity contribution < 1.29 is 42.5 Å². The van der Waals surface area contributed by atoms with Gasteiger partial charge in [-0.15, -0.1) is 0 Å². The minimum atomic E-state index is -0.736. The first-order valence-corrected chi connectivity index (χ1v) is 18.6. The summed E-state index contributed by atoms with van der Waals surface area (Å²) in [5.41, 5.74) is 0.735. The fourth-order valence-corrected chi connectivity index (χ4v) is 8.34. The molecule has 4 aliphatic rings. The standard InChI is InChI=1S/C38H56FN3O8/c1-38(2,3)50-37(46)41-30(23-39)25-11-13-26(14-12-25)35(44)42-18-17-29(24-9-6-5-7-10-24)33(42)34(43)40-28-15-16-31-27(21-28)22-32(49-31)36(45)48-20-8-19-47-4/h15-16,21,24-26,29-30,32-33H,5-14,17-20,22-23H2,1-4H3,(H,40,43)(H,41,46)/t25?,26?,29-,30+,32?,33+/m0/s1. The largest absolute Gasteiger partial charge is 0.478 e. The Hall–Kier alpha value is -3.41. The van der Waals surface area contributed by atoms with E-state index in [0.717, 1.165) is 37.7 Å². The number of hydrogen-bond acceptors (Lipinski definition) is 8. The van der Waals surface area contributed by atoms with Crippen LogP contribution in [0, 0.1) is 23.7 Å². The molecule has 3 fully saturated rings. The van der Waals surface area contributed by atoms with E-state index in [2.05, 4.69) is 10.6 Å². The van der Waals surface area contributed by atoms with Gasteiger partial charge in [-0.05, 0) is 88.8 Å². The fraction of sp³-hybridized carbons (Fsp3) is 0.737. The zero-order valence-electron chi connectivity index (χ0n) is 30.2. The Bertz CT molecular complexity index is 1340. The Morgan fingerprint density at radius 1 is 1.00 bits per heavy atom. The molecule has 5 rings (SSSR count). The highest BCUT2D eigenvalue weighted by atomic mass is 19.1. The summed E-state index contributed by atoms with van der Waals surface area (Å²) in [4.78, 5) is 55.0. The number of methoxy groups -OCH3 is 1. The Morgan fingerprint density at radius 2 is 1.74 bits per heavy atom. The molecule has 12 heteroatoms. The number of fused-ring (bicyclic) bond motifs is 1. The maximum absolute atomic E-state index is 14.2. The third-order valence-electron chi connectivity index (χ3n) is 10.8. The SMILES string of the molecule is COCCCOC(=O)C1Cc2cc(NC(=O)[C@H]3[C@H](C4CCCCC4)CCN3C(=O)C3CCC([C@@H](CF)NC(=O)OC(C)(C)C)CC3)ccc2O1. The van der Waals surface area contributed by atoms with E-state index >= 15 is 0 Å². The van der Waals surface area contributed by atoms with Crippen LogP contribution in [0.15, 0.2) is 18.2 Å². The number of ether oxygens (including phenoxy) is 4. The van der Waals surface area contributed by atoms with E-state index in [4.69, 9.17) is 18.9 Å². The zero-order valence-corrected chi connectivity index (χ0v) is 30.2. The highest BCUT2D eigenvalue weighted by Crippen LogP contribution is 2.42. The molecular formula is C38H56FN3O8. The fourth-order valence-electron chi connectivity index (χ4n) is 8.34. The molecule has 1 unspecified atom stereocenters. The van der Waals surface area contributed by atoms with Crippen molar-refractivity contribution in [2.75, 3.05) is 38.9 Å². The quantitative estimate of drug-likeness (QED) is 0.201. The lowest BCUT2D eigenvalue weighted by Gasteiger charge is -2.37. The number of carbonyl (C=O) groups is 4. The van der Waals surface area contributed by atoms with Crippen LogP contribution in [0.2, 0.25) is 0 Å². The van der Waals surface area contributed by atoms with Gasteiger partial charge in [0.1, 0.15) is 24.1 Å². The van der Waals surface area contributed by atoms with Crippen molar-refractivity contribution in [3.63, 3.8) is 0 Å². The lowest BCUT2D eigenvalue weighted by Crippen LogP contribution is -2.50. The van der Waals surface area contributed by atoms with E-state index in [1.54, 1.807) is 40.0 Å². The topological polar surface area (TPSA) is 132 Å². The molecule has 3 amide bonds. The Kier molecular flexibility index (Phi) is 13.0. The molecule has 4 atom stereocenters. The normalized spacial score (nSPS) is 26.0. The van der Waals surface area contributed by atoms with Crippen molar-refractivity contribution >= 4 is 29.6 Å². The van der Waals surface area contributed by atoms with Gasteiger partial charge in [0.05, 0.1) is 12.6 Å². The van der Waals surface area contributed by atoms with Crippen molar-refractivity contribution in [3.8, 4) is 5.75 Å². The van der Waals surface area contributed by atoms with Crippen LogP contribution in [0.4, 0.5) is 14.9 Å². The first kappa shape index (κ1) is 37.8. The number of amides is 3. The summed E-state index contributed by atoms with van der Waals surface area (Å²) in [5, 5.41) is 5.81. The maximum atomic E-state index is 14.2. The average Bonchev–Trinajstić information content (AvgIpc) is 3.73. The summed E-state index contributed by atoms with van der Waals surface area (Å²) in [6, 6.07) is 4.14. The van der Waals surface area contributed by atoms with E-state index in [1.165, 1.54) is 6.42 Å². The van der Waals surface area contributed by atoms with Crippen LogP contribution in [0.5, 0.6) is 5.75 Å². The van der Waals surface area contributed by atoms with Crippen LogP contribution in [-0.2, 0) is 35.0 Å². The Labute approximate surface area is 295 Å². The molecule has 2 heterocycles. The van der Waals surface area contributed by atoms with Gasteiger partial charge in [0.15, 0.2) is 6.10 Å². The molecule has 2 aliphatic carbocycles. The van der Waals surface area contributed by atoms with Gasteiger partial charge in [-0.25, -0.2) is 14.0 Å². The van der Waals surface area contributed by atoms with Gasteiger partial charge in [0.25, 0.3) is 0 Å². The van der Waals surface area contributed by atoms with Crippen molar-refractivity contribution in [2.45, 2.75) is 122 Å². The number of hydrogen-bond donors (Lipinski definition) is 2. The average molecular weight is 702 g/mol. The number of esters is 1. The predicted octanol–water partition coefficient (Wildman–Crippen LogP) is 5.97. The van der Waals surface area contributed by atoms with Crippen molar-refractivity contribution in [1.29, 1.82) is 0 Å². The van der Waals surface area contributed by atoms with Crippen molar-refractivity contribution in [3.05, 3.63) is 23.8 Å². The van der Waals surface area contributed by atoms with Crippen molar-refractivity contribution in [1.82, 2.24) is 10.2 Å². The third-order valence-corrected chi connectivity index (χ3v) is 10.8. The molecule has 2 N–H and O–H groups in total. The summed E-state index contributed by atoms with van der Waals surface area (Å²) in [6.07, 6.45) is 8.36. The van der Waals surface area contributed by atoms with Gasteiger partial charge in [-0.1, -0.05) is 32.1 Å². The van der Waals surface area contributed by atoms with Crippen LogP contribution < -0.4 is 15.4 Å². The highest BCUT2D eigenvalue weighted by Gasteiger charge is 2.47. The lowest BCUT2D eigenvalue weighted by molar-refractivity contribution is -0.151. The second-order valence-electron chi connectivity index (χ2n) is 15.5. The Morgan fingerprint density at radius 3 is 2.42 bits per heavy atom. The molecule has 1 saturated heterocycles. The van der Waals surface area contributed by atoms with E-state index in [-0.39, 0.29) is 36.2 Å². The number of alkyl carbamates (subject to hydrolysis) is 1. The molecule has 50 heavy (non-hydrogen) atoms. The van der Waals surface area contributed by atoms with Crippen LogP contribution in [0.1, 0.15) is 97.0 Å². The number of nitrogens with zero attached hydrogens (tertiary/aromatic N) is 1. The van der Waals surface area contributed by atoms with Crippen LogP contribution in [0.25, 0.3) is 0 Å². The number of alkyl halides is 1. The van der Waals surface area contributed by atoms with Crippen LogP contribution in [0.3, 0.4) is 0 Å². The molecule has 11 nitrogen and oxygen atoms in total. The second kappa shape index (κ2) is 17.2. The van der Waals surface area contributed by atoms with Gasteiger partial charge < -0.3 is 34.5 Å². The molecule has 1 aromatic rings. The molecule has 0 aromatic heterocycles. The monoisotopic (exact) mass is 701 g/mol. The van der Waals surface area contributed by atoms with Crippen LogP contribution >= 0.6 is 0 Å². The summed E-state index contributed by atoms with van der Waals surface area (Å²) in [7, 11) is 1.60. The van der Waals surface area contributed by atoms with E-state index < -0.39 is 42.5 Å². The molecule has 0 radical (unpaired) electrons. The van der Waals surface area contributed by atoms with Gasteiger partial charge >= 0.3 is 12.1 Å². The highest BCUT2D eigenvalue weighted by molar-refractivity contribution is 5.98. The first-order chi connectivity index (χ1) is 24.0. The number of nitrogens with one attached hydrogen (secondary N) is 2. The van der Waals surface area contributed by atoms with E-state index in [1.807, 2.05) is 11.0 Å². The molecule has 1 aromatic carbocycles. The number of anilines is 1. The molecule has 0 spiro atoms. The number of likely N-dealkylation sites (tertiary alicyclic amines) is 1. The third kappa shape index (κ3) is 9.67. The molecule has 2 aliphatic heterocycles. The van der Waals surface area contributed by atoms with Gasteiger partial charge in [0, 0.05) is 50.3 Å². The number of halogens is 1. The molecule has 0 bridgehead atoms. The minimum absolute atomic E-state index is 0.00647. The van der Waals surface area contributed by atoms with Gasteiger partial charge in [-0.3, -0.25) is 9.59 Å². The molecule has 278 valence electrons. The summed E-state index contributed by atoms with van der Waals surface area (Å²) in [6.45, 7) is 5.90. The first-order valence-electron chi connectivity index (χ1n) is 18.6. The Balaban J connectivity index is 1.22. The summed E-state index contributed by atoms with van der Waals surface area (Å²) >= 11 is 0. The summed E-state index contributed by atoms with van der Waals surface area (Å²) in [5.74, 6) is 0.0985. The zero-order chi connectivity index (χ0) is 35.8. The van der Waals surface area contributed by atoms with Gasteiger partial charge in [-0.2, -0.15) is 0 Å². The molecule has 2 saturated carbocycles. The van der Waals surface area contributed by atoms with Crippen molar-refractivity contribution in [2.24, 2.45) is 23.7 Å². The second-order valence-corrected chi connectivity index (χ2v) is 15.5. The molecular weight excluding hydrogens is 645 g/mol. The smallest absolute Gasteiger partial charge is 0.407 e. The van der Waals surface area contributed by atoms with E-state index in [0.29, 0.717) is 69.0 Å². The summed E-state index contributed by atoms with van der Waals surface area (Å²) < 4.78 is 35.6. The predicted molar refractivity (Wildman–Crippen MR) is 185 cm³/mol. The maximum Gasteiger partial charge on any atom is 0.407 e. The van der Waals surface area contributed by atoms with Crippen LogP contribution in [-0.4, -0.2) is 86.1 Å². The minimum Gasteiger partial charge on any atom is -0.478 e. The van der Waals surface area contributed by atoms with E-state index in [9.17, 15) is 23.6 Å². The number of carbonyl (C=O) groups excluding carboxylic acids is 4. The lowest BCUT2D eigenvalue weighted by atomic mass is 9.76. The number of rotatable bonds is 12.